The molecule has 17 heavy (non-hydrogen) atoms. The highest BCUT2D eigenvalue weighted by Gasteiger charge is 2.10. The maximum absolute atomic E-state index is 12.8. The van der Waals surface area contributed by atoms with Crippen molar-refractivity contribution in [3.05, 3.63) is 42.5 Å². The van der Waals surface area contributed by atoms with Crippen molar-refractivity contribution in [3.8, 4) is 22.8 Å². The van der Waals surface area contributed by atoms with Crippen molar-refractivity contribution < 1.29 is 8.91 Å². The molecule has 0 saturated carbocycles. The fourth-order valence-electron chi connectivity index (χ4n) is 1.42. The standard InChI is InChI=1S/C11H7FN4O/c12-9-3-1-7(2-4-9)10-15-11(17-16-10)8-5-13-14-6-8/h1-6H,(H,13,14). The fourth-order valence-corrected chi connectivity index (χ4v) is 1.42. The van der Waals surface area contributed by atoms with E-state index in [9.17, 15) is 4.39 Å². The van der Waals surface area contributed by atoms with Crippen LogP contribution in [0.1, 0.15) is 0 Å². The Kier molecular flexibility index (Phi) is 2.18. The first-order valence-corrected chi connectivity index (χ1v) is 4.92. The van der Waals surface area contributed by atoms with Gasteiger partial charge in [0.25, 0.3) is 5.89 Å². The van der Waals surface area contributed by atoms with Crippen molar-refractivity contribution in [1.29, 1.82) is 0 Å². The Bertz CT molecular complexity index is 615. The molecule has 2 heterocycles. The molecule has 0 aliphatic carbocycles. The summed E-state index contributed by atoms with van der Waals surface area (Å²) in [6, 6.07) is 5.89. The highest BCUT2D eigenvalue weighted by Crippen LogP contribution is 2.21. The SMILES string of the molecule is Fc1ccc(-c2noc(-c3cn[nH]c3)n2)cc1. The van der Waals surface area contributed by atoms with Crippen LogP contribution in [0.15, 0.2) is 41.2 Å². The topological polar surface area (TPSA) is 67.6 Å². The van der Waals surface area contributed by atoms with Crippen LogP contribution in [0.2, 0.25) is 0 Å². The number of nitrogens with one attached hydrogen (secondary N) is 1. The molecular weight excluding hydrogens is 223 g/mol. The first-order valence-electron chi connectivity index (χ1n) is 4.92. The van der Waals surface area contributed by atoms with Crippen LogP contribution in [0, 0.1) is 5.82 Å². The van der Waals surface area contributed by atoms with Gasteiger partial charge in [0, 0.05) is 11.8 Å². The molecule has 0 amide bonds. The van der Waals surface area contributed by atoms with E-state index >= 15 is 0 Å². The van der Waals surface area contributed by atoms with Gasteiger partial charge in [-0.15, -0.1) is 0 Å². The number of rotatable bonds is 2. The summed E-state index contributed by atoms with van der Waals surface area (Å²) in [6.45, 7) is 0. The molecule has 1 N–H and O–H groups in total. The lowest BCUT2D eigenvalue weighted by Crippen LogP contribution is -1.81. The first kappa shape index (κ1) is 9.71. The van der Waals surface area contributed by atoms with Crippen LogP contribution in [0.25, 0.3) is 22.8 Å². The van der Waals surface area contributed by atoms with E-state index in [1.807, 2.05) is 0 Å². The first-order chi connectivity index (χ1) is 8.33. The number of halogens is 1. The summed E-state index contributed by atoms with van der Waals surface area (Å²) < 4.78 is 17.8. The Labute approximate surface area is 95.3 Å². The zero-order chi connectivity index (χ0) is 11.7. The summed E-state index contributed by atoms with van der Waals surface area (Å²) in [4.78, 5) is 4.19. The lowest BCUT2D eigenvalue weighted by Gasteiger charge is -1.92. The quantitative estimate of drug-likeness (QED) is 0.733. The predicted octanol–water partition coefficient (Wildman–Crippen LogP) is 2.27. The van der Waals surface area contributed by atoms with E-state index in [2.05, 4.69) is 20.3 Å². The molecule has 0 bridgehead atoms. The molecule has 0 aliphatic rings. The Morgan fingerprint density at radius 1 is 1.12 bits per heavy atom. The van der Waals surface area contributed by atoms with Gasteiger partial charge in [0.05, 0.1) is 11.8 Å². The Morgan fingerprint density at radius 3 is 2.65 bits per heavy atom. The van der Waals surface area contributed by atoms with Gasteiger partial charge in [-0.05, 0) is 24.3 Å². The van der Waals surface area contributed by atoms with Gasteiger partial charge in [0.15, 0.2) is 0 Å². The zero-order valence-electron chi connectivity index (χ0n) is 8.59. The maximum Gasteiger partial charge on any atom is 0.261 e. The summed E-state index contributed by atoms with van der Waals surface area (Å²) in [5.41, 5.74) is 1.41. The normalized spacial score (nSPS) is 10.6. The van der Waals surface area contributed by atoms with E-state index < -0.39 is 0 Å². The van der Waals surface area contributed by atoms with Gasteiger partial charge in [-0.1, -0.05) is 5.16 Å². The average Bonchev–Trinajstić information content (AvgIpc) is 3.00. The Morgan fingerprint density at radius 2 is 1.94 bits per heavy atom. The van der Waals surface area contributed by atoms with Gasteiger partial charge < -0.3 is 4.52 Å². The Hall–Kier alpha value is -2.50. The molecule has 3 rings (SSSR count). The van der Waals surface area contributed by atoms with Crippen molar-refractivity contribution in [2.45, 2.75) is 0 Å². The van der Waals surface area contributed by atoms with Crippen molar-refractivity contribution in [2.24, 2.45) is 0 Å². The summed E-state index contributed by atoms with van der Waals surface area (Å²) in [7, 11) is 0. The third-order valence-corrected chi connectivity index (χ3v) is 2.27. The van der Waals surface area contributed by atoms with Crippen molar-refractivity contribution in [3.63, 3.8) is 0 Å². The third-order valence-electron chi connectivity index (χ3n) is 2.27. The molecule has 0 saturated heterocycles. The average molecular weight is 230 g/mol. The number of hydrogen-bond donors (Lipinski definition) is 1. The van der Waals surface area contributed by atoms with Gasteiger partial charge in [-0.3, -0.25) is 5.10 Å². The third kappa shape index (κ3) is 1.80. The van der Waals surface area contributed by atoms with Gasteiger partial charge in [-0.25, -0.2) is 4.39 Å². The van der Waals surface area contributed by atoms with Crippen LogP contribution in [0.4, 0.5) is 4.39 Å². The summed E-state index contributed by atoms with van der Waals surface area (Å²) in [6.07, 6.45) is 3.24. The minimum Gasteiger partial charge on any atom is -0.333 e. The maximum atomic E-state index is 12.8. The number of benzene rings is 1. The summed E-state index contributed by atoms with van der Waals surface area (Å²) in [5.74, 6) is 0.492. The second kappa shape index (κ2) is 3.82. The smallest absolute Gasteiger partial charge is 0.261 e. The monoisotopic (exact) mass is 230 g/mol. The molecule has 0 aliphatic heterocycles. The van der Waals surface area contributed by atoms with E-state index in [1.165, 1.54) is 12.1 Å². The number of H-pyrrole nitrogens is 1. The van der Waals surface area contributed by atoms with E-state index in [-0.39, 0.29) is 5.82 Å². The van der Waals surface area contributed by atoms with Gasteiger partial charge in [-0.2, -0.15) is 10.1 Å². The molecule has 0 unspecified atom stereocenters. The lowest BCUT2D eigenvalue weighted by atomic mass is 10.2. The van der Waals surface area contributed by atoms with Crippen LogP contribution < -0.4 is 0 Å². The molecule has 1 aromatic carbocycles. The molecule has 3 aromatic rings. The van der Waals surface area contributed by atoms with E-state index in [1.54, 1.807) is 24.5 Å². The second-order valence-corrected chi connectivity index (χ2v) is 3.42. The van der Waals surface area contributed by atoms with Crippen LogP contribution in [-0.2, 0) is 0 Å². The molecule has 84 valence electrons. The minimum absolute atomic E-state index is 0.299. The van der Waals surface area contributed by atoms with Crippen LogP contribution in [-0.4, -0.2) is 20.3 Å². The van der Waals surface area contributed by atoms with Crippen molar-refractivity contribution >= 4 is 0 Å². The van der Waals surface area contributed by atoms with Gasteiger partial charge >= 0.3 is 0 Å². The van der Waals surface area contributed by atoms with Crippen LogP contribution >= 0.6 is 0 Å². The minimum atomic E-state index is -0.299. The van der Waals surface area contributed by atoms with E-state index in [4.69, 9.17) is 4.52 Å². The predicted molar refractivity (Wildman–Crippen MR) is 57.3 cm³/mol. The Balaban J connectivity index is 1.98. The van der Waals surface area contributed by atoms with E-state index in [0.717, 1.165) is 0 Å². The van der Waals surface area contributed by atoms with Gasteiger partial charge in [0.2, 0.25) is 5.82 Å². The molecule has 0 fully saturated rings. The van der Waals surface area contributed by atoms with Crippen molar-refractivity contribution in [1.82, 2.24) is 20.3 Å². The number of aromatic amines is 1. The van der Waals surface area contributed by atoms with E-state index in [0.29, 0.717) is 22.8 Å². The number of hydrogen-bond acceptors (Lipinski definition) is 4. The molecular formula is C11H7FN4O. The summed E-state index contributed by atoms with van der Waals surface area (Å²) in [5, 5.41) is 10.3. The molecule has 2 aromatic heterocycles. The number of aromatic nitrogens is 4. The number of nitrogens with zero attached hydrogens (tertiary/aromatic N) is 3. The van der Waals surface area contributed by atoms with Crippen molar-refractivity contribution in [2.75, 3.05) is 0 Å². The second-order valence-electron chi connectivity index (χ2n) is 3.42. The molecule has 0 spiro atoms. The lowest BCUT2D eigenvalue weighted by molar-refractivity contribution is 0.432. The zero-order valence-corrected chi connectivity index (χ0v) is 8.59. The fraction of sp³-hybridized carbons (Fsp3) is 0. The summed E-state index contributed by atoms with van der Waals surface area (Å²) >= 11 is 0. The van der Waals surface area contributed by atoms with Crippen LogP contribution in [0.3, 0.4) is 0 Å². The van der Waals surface area contributed by atoms with Gasteiger partial charge in [0.1, 0.15) is 5.82 Å². The highest BCUT2D eigenvalue weighted by molar-refractivity contribution is 5.58. The molecule has 6 heteroatoms. The molecule has 5 nitrogen and oxygen atoms in total. The molecule has 0 atom stereocenters. The largest absolute Gasteiger partial charge is 0.333 e. The molecule has 0 radical (unpaired) electrons. The van der Waals surface area contributed by atoms with Crippen LogP contribution in [0.5, 0.6) is 0 Å². The highest BCUT2D eigenvalue weighted by atomic mass is 19.1.